The first-order valence-electron chi connectivity index (χ1n) is 6.82. The smallest absolute Gasteiger partial charge is 0.264 e. The van der Waals surface area contributed by atoms with Crippen LogP contribution in [0.3, 0.4) is 0 Å². The first-order valence-corrected chi connectivity index (χ1v) is 7.61. The number of benzene rings is 2. The number of hydrogen-bond acceptors (Lipinski definition) is 3. The van der Waals surface area contributed by atoms with Crippen molar-refractivity contribution < 1.29 is 9.53 Å². The molecule has 0 fully saturated rings. The first kappa shape index (κ1) is 16.1. The van der Waals surface area contributed by atoms with E-state index in [-0.39, 0.29) is 18.9 Å². The minimum atomic E-state index is -0.183. The zero-order valence-corrected chi connectivity index (χ0v) is 13.5. The van der Waals surface area contributed by atoms with Gasteiger partial charge in [0.25, 0.3) is 5.91 Å². The highest BCUT2D eigenvalue weighted by molar-refractivity contribution is 9.10. The monoisotopic (exact) mass is 358 g/mol. The van der Waals surface area contributed by atoms with E-state index in [9.17, 15) is 4.79 Å². The summed E-state index contributed by atoms with van der Waals surface area (Å²) in [5.41, 5.74) is 0.762. The number of carbonyl (C=O) groups excluding carboxylic acids is 1. The van der Waals surface area contributed by atoms with Gasteiger partial charge in [0.2, 0.25) is 0 Å². The van der Waals surface area contributed by atoms with Crippen LogP contribution in [0.25, 0.3) is 0 Å². The molecule has 112 valence electrons. The highest BCUT2D eigenvalue weighted by atomic mass is 79.9. The quantitative estimate of drug-likeness (QED) is 0.789. The summed E-state index contributed by atoms with van der Waals surface area (Å²) in [5.74, 6) is 0.432. The molecule has 0 unspecified atom stereocenters. The molecule has 0 aliphatic carbocycles. The van der Waals surface area contributed by atoms with Gasteiger partial charge in [0.05, 0.1) is 17.0 Å². The molecule has 0 saturated heterocycles. The second kappa shape index (κ2) is 8.20. The van der Waals surface area contributed by atoms with Crippen LogP contribution in [0.4, 0.5) is 5.69 Å². The lowest BCUT2D eigenvalue weighted by Crippen LogP contribution is -2.35. The largest absolute Gasteiger partial charge is 0.483 e. The van der Waals surface area contributed by atoms with E-state index in [1.54, 1.807) is 11.0 Å². The molecule has 0 aromatic heterocycles. The molecule has 0 N–H and O–H groups in total. The fourth-order valence-electron chi connectivity index (χ4n) is 1.95. The number of ether oxygens (including phenoxy) is 1. The van der Waals surface area contributed by atoms with E-state index in [1.807, 2.05) is 48.5 Å². The molecule has 5 heteroatoms. The Kier molecular flexibility index (Phi) is 5.99. The van der Waals surface area contributed by atoms with Crippen LogP contribution in [-0.4, -0.2) is 19.1 Å². The zero-order valence-electron chi connectivity index (χ0n) is 11.9. The van der Waals surface area contributed by atoms with Crippen molar-refractivity contribution in [2.75, 3.05) is 18.1 Å². The highest BCUT2D eigenvalue weighted by Crippen LogP contribution is 2.24. The van der Waals surface area contributed by atoms with E-state index >= 15 is 0 Å². The van der Waals surface area contributed by atoms with Gasteiger partial charge in [0.15, 0.2) is 6.61 Å². The Labute approximate surface area is 138 Å². The van der Waals surface area contributed by atoms with Crippen LogP contribution in [0, 0.1) is 11.3 Å². The third kappa shape index (κ3) is 4.34. The summed E-state index contributed by atoms with van der Waals surface area (Å²) in [7, 11) is 0. The number of carbonyl (C=O) groups is 1. The Morgan fingerprint density at radius 1 is 1.14 bits per heavy atom. The van der Waals surface area contributed by atoms with Crippen LogP contribution in [0.15, 0.2) is 59.1 Å². The topological polar surface area (TPSA) is 53.3 Å². The average Bonchev–Trinajstić information content (AvgIpc) is 2.55. The molecule has 0 radical (unpaired) electrons. The molecule has 0 aliphatic rings. The number of para-hydroxylation sites is 2. The number of nitriles is 1. The Balaban J connectivity index is 2.06. The Morgan fingerprint density at radius 3 is 2.50 bits per heavy atom. The van der Waals surface area contributed by atoms with Crippen molar-refractivity contribution in [1.29, 1.82) is 5.26 Å². The first-order chi connectivity index (χ1) is 10.7. The van der Waals surface area contributed by atoms with Gasteiger partial charge in [-0.25, -0.2) is 0 Å². The van der Waals surface area contributed by atoms with Crippen LogP contribution in [0.2, 0.25) is 0 Å². The lowest BCUT2D eigenvalue weighted by atomic mass is 10.2. The van der Waals surface area contributed by atoms with Crippen LogP contribution in [0.1, 0.15) is 6.42 Å². The lowest BCUT2D eigenvalue weighted by Gasteiger charge is -2.22. The Hall–Kier alpha value is -2.32. The SMILES string of the molecule is N#CCCN(C(=O)COc1ccccc1Br)c1ccccc1. The lowest BCUT2D eigenvalue weighted by molar-refractivity contribution is -0.120. The van der Waals surface area contributed by atoms with Gasteiger partial charge in [-0.1, -0.05) is 30.3 Å². The summed E-state index contributed by atoms with van der Waals surface area (Å²) in [6.45, 7) is 0.265. The Morgan fingerprint density at radius 2 is 1.82 bits per heavy atom. The van der Waals surface area contributed by atoms with Crippen molar-refractivity contribution >= 4 is 27.5 Å². The van der Waals surface area contributed by atoms with Gasteiger partial charge in [0, 0.05) is 12.2 Å². The molecule has 0 atom stereocenters. The van der Waals surface area contributed by atoms with Gasteiger partial charge in [-0.05, 0) is 40.2 Å². The minimum absolute atomic E-state index is 0.0804. The summed E-state index contributed by atoms with van der Waals surface area (Å²) >= 11 is 3.38. The maximum atomic E-state index is 12.4. The molecule has 2 aromatic rings. The number of hydrogen-bond donors (Lipinski definition) is 0. The van der Waals surface area contributed by atoms with E-state index in [4.69, 9.17) is 10.00 Å². The van der Waals surface area contributed by atoms with Gasteiger partial charge in [-0.15, -0.1) is 0 Å². The van der Waals surface area contributed by atoms with Gasteiger partial charge >= 0.3 is 0 Å². The van der Waals surface area contributed by atoms with Crippen molar-refractivity contribution in [3.63, 3.8) is 0 Å². The molecule has 2 rings (SSSR count). The van der Waals surface area contributed by atoms with E-state index < -0.39 is 0 Å². The summed E-state index contributed by atoms with van der Waals surface area (Å²) in [6.07, 6.45) is 0.273. The fourth-order valence-corrected chi connectivity index (χ4v) is 2.35. The zero-order chi connectivity index (χ0) is 15.8. The number of halogens is 1. The highest BCUT2D eigenvalue weighted by Gasteiger charge is 2.16. The third-order valence-corrected chi connectivity index (χ3v) is 3.66. The molecule has 0 saturated carbocycles. The summed E-state index contributed by atoms with van der Waals surface area (Å²) in [6, 6.07) is 18.7. The number of rotatable bonds is 6. The normalized spacial score (nSPS) is 9.82. The van der Waals surface area contributed by atoms with Crippen molar-refractivity contribution in [1.82, 2.24) is 0 Å². The molecule has 2 aromatic carbocycles. The van der Waals surface area contributed by atoms with Crippen LogP contribution < -0.4 is 9.64 Å². The fraction of sp³-hybridized carbons (Fsp3) is 0.176. The van der Waals surface area contributed by atoms with Crippen LogP contribution in [-0.2, 0) is 4.79 Å². The predicted molar refractivity (Wildman–Crippen MR) is 88.7 cm³/mol. The average molecular weight is 359 g/mol. The maximum absolute atomic E-state index is 12.4. The standard InChI is InChI=1S/C17H15BrN2O2/c18-15-9-4-5-10-16(15)22-13-17(21)20(12-6-11-19)14-7-2-1-3-8-14/h1-5,7-10H,6,12-13H2. The van der Waals surface area contributed by atoms with Crippen molar-refractivity contribution in [2.24, 2.45) is 0 Å². The van der Waals surface area contributed by atoms with Crippen LogP contribution >= 0.6 is 15.9 Å². The van der Waals surface area contributed by atoms with Crippen molar-refractivity contribution in [3.8, 4) is 11.8 Å². The molecule has 4 nitrogen and oxygen atoms in total. The maximum Gasteiger partial charge on any atom is 0.264 e. The Bertz CT molecular complexity index is 668. The summed E-state index contributed by atoms with van der Waals surface area (Å²) < 4.78 is 6.36. The molecule has 0 bridgehead atoms. The predicted octanol–water partition coefficient (Wildman–Crippen LogP) is 3.77. The van der Waals surface area contributed by atoms with Gasteiger partial charge in [0.1, 0.15) is 5.75 Å². The second-order valence-corrected chi connectivity index (χ2v) is 5.36. The van der Waals surface area contributed by atoms with Gasteiger partial charge in [-0.2, -0.15) is 5.26 Å². The number of amides is 1. The number of nitrogens with zero attached hydrogens (tertiary/aromatic N) is 2. The number of anilines is 1. The van der Waals surface area contributed by atoms with Gasteiger partial charge in [-0.3, -0.25) is 4.79 Å². The van der Waals surface area contributed by atoms with E-state index in [0.29, 0.717) is 12.3 Å². The molecule has 22 heavy (non-hydrogen) atoms. The molecule has 0 spiro atoms. The molecule has 1 amide bonds. The minimum Gasteiger partial charge on any atom is -0.483 e. The molecule has 0 aliphatic heterocycles. The molecule has 0 heterocycles. The van der Waals surface area contributed by atoms with Crippen molar-refractivity contribution in [2.45, 2.75) is 6.42 Å². The molecular weight excluding hydrogens is 344 g/mol. The third-order valence-electron chi connectivity index (χ3n) is 3.00. The van der Waals surface area contributed by atoms with Crippen LogP contribution in [0.5, 0.6) is 5.75 Å². The summed E-state index contributed by atoms with van der Waals surface area (Å²) in [4.78, 5) is 14.0. The van der Waals surface area contributed by atoms with Gasteiger partial charge < -0.3 is 9.64 Å². The van der Waals surface area contributed by atoms with Crippen molar-refractivity contribution in [3.05, 3.63) is 59.1 Å². The second-order valence-electron chi connectivity index (χ2n) is 4.51. The molecular formula is C17H15BrN2O2. The summed E-state index contributed by atoms with van der Waals surface area (Å²) in [5, 5.41) is 8.76. The van der Waals surface area contributed by atoms with E-state index in [2.05, 4.69) is 22.0 Å². The van der Waals surface area contributed by atoms with E-state index in [1.165, 1.54) is 0 Å². The van der Waals surface area contributed by atoms with E-state index in [0.717, 1.165) is 10.2 Å².